The van der Waals surface area contributed by atoms with E-state index in [2.05, 4.69) is 10.1 Å². The number of ether oxygens (including phenoxy) is 1. The van der Waals surface area contributed by atoms with Crippen molar-refractivity contribution in [3.05, 3.63) is 23.0 Å². The minimum absolute atomic E-state index is 0.0368. The average Bonchev–Trinajstić information content (AvgIpc) is 2.81. The standard InChI is InChI=1S/C21H31N5O3/c1-7-26-18-17(15(3)23-26)16(13-14(2)22-18)19(27)24-9-8-10-25(12-11-24)20(28)29-21(4,5)6/h13H,7-12H2,1-6H3. The van der Waals surface area contributed by atoms with Crippen LogP contribution in [0.1, 0.15) is 55.9 Å². The fraction of sp³-hybridized carbons (Fsp3) is 0.619. The minimum Gasteiger partial charge on any atom is -0.444 e. The third kappa shape index (κ3) is 4.52. The summed E-state index contributed by atoms with van der Waals surface area (Å²) in [6.07, 6.45) is 0.389. The fourth-order valence-electron chi connectivity index (χ4n) is 3.67. The van der Waals surface area contributed by atoms with Crippen LogP contribution in [0.4, 0.5) is 4.79 Å². The lowest BCUT2D eigenvalue weighted by atomic mass is 10.1. The van der Waals surface area contributed by atoms with Gasteiger partial charge in [-0.15, -0.1) is 0 Å². The Kier molecular flexibility index (Phi) is 5.82. The first-order chi connectivity index (χ1) is 13.6. The van der Waals surface area contributed by atoms with Gasteiger partial charge in [-0.2, -0.15) is 5.10 Å². The Labute approximate surface area is 171 Å². The number of aryl methyl sites for hydroxylation is 3. The molecule has 1 aliphatic rings. The van der Waals surface area contributed by atoms with E-state index in [4.69, 9.17) is 4.74 Å². The number of amides is 2. The molecule has 29 heavy (non-hydrogen) atoms. The third-order valence-corrected chi connectivity index (χ3v) is 4.97. The molecule has 1 aliphatic heterocycles. The van der Waals surface area contributed by atoms with Crippen molar-refractivity contribution < 1.29 is 14.3 Å². The molecule has 0 bridgehead atoms. The van der Waals surface area contributed by atoms with Crippen LogP contribution in [0.3, 0.4) is 0 Å². The van der Waals surface area contributed by atoms with E-state index in [1.165, 1.54) is 0 Å². The smallest absolute Gasteiger partial charge is 0.410 e. The highest BCUT2D eigenvalue weighted by atomic mass is 16.6. The molecule has 0 atom stereocenters. The number of carbonyl (C=O) groups excluding carboxylic acids is 2. The second-order valence-electron chi connectivity index (χ2n) is 8.52. The van der Waals surface area contributed by atoms with Gasteiger partial charge in [-0.1, -0.05) is 0 Å². The van der Waals surface area contributed by atoms with Gasteiger partial charge in [-0.3, -0.25) is 4.79 Å². The van der Waals surface area contributed by atoms with E-state index in [1.54, 1.807) is 4.90 Å². The maximum atomic E-state index is 13.4. The van der Waals surface area contributed by atoms with Crippen molar-refractivity contribution in [3.63, 3.8) is 0 Å². The van der Waals surface area contributed by atoms with E-state index in [0.717, 1.165) is 22.4 Å². The highest BCUT2D eigenvalue weighted by molar-refractivity contribution is 6.06. The highest BCUT2D eigenvalue weighted by Gasteiger charge is 2.28. The van der Waals surface area contributed by atoms with Crippen molar-refractivity contribution >= 4 is 23.0 Å². The molecule has 8 heteroatoms. The SMILES string of the molecule is CCn1nc(C)c2c(C(=O)N3CCCN(C(=O)OC(C)(C)C)CC3)cc(C)nc21. The number of rotatable bonds is 2. The predicted octanol–water partition coefficient (Wildman–Crippen LogP) is 3.15. The fourth-order valence-corrected chi connectivity index (χ4v) is 3.67. The molecule has 2 aromatic rings. The van der Waals surface area contributed by atoms with E-state index in [0.29, 0.717) is 44.7 Å². The number of aromatic nitrogens is 3. The molecule has 158 valence electrons. The lowest BCUT2D eigenvalue weighted by Gasteiger charge is -2.26. The summed E-state index contributed by atoms with van der Waals surface area (Å²) in [4.78, 5) is 33.9. The summed E-state index contributed by atoms with van der Waals surface area (Å²) in [6.45, 7) is 14.2. The molecule has 0 spiro atoms. The second-order valence-corrected chi connectivity index (χ2v) is 8.52. The van der Waals surface area contributed by atoms with Gasteiger partial charge in [0.1, 0.15) is 5.60 Å². The molecule has 0 radical (unpaired) electrons. The average molecular weight is 402 g/mol. The molecule has 0 N–H and O–H groups in total. The number of nitrogens with zero attached hydrogens (tertiary/aromatic N) is 5. The van der Waals surface area contributed by atoms with Gasteiger partial charge in [-0.25, -0.2) is 14.5 Å². The third-order valence-electron chi connectivity index (χ3n) is 4.97. The molecule has 1 saturated heterocycles. The van der Waals surface area contributed by atoms with Crippen molar-refractivity contribution in [2.75, 3.05) is 26.2 Å². The van der Waals surface area contributed by atoms with Gasteiger partial charge in [0.05, 0.1) is 16.6 Å². The lowest BCUT2D eigenvalue weighted by molar-refractivity contribution is 0.0255. The van der Waals surface area contributed by atoms with E-state index in [9.17, 15) is 9.59 Å². The van der Waals surface area contributed by atoms with Crippen LogP contribution in [-0.4, -0.2) is 68.3 Å². The second kappa shape index (κ2) is 8.00. The first-order valence-electron chi connectivity index (χ1n) is 10.2. The summed E-state index contributed by atoms with van der Waals surface area (Å²) in [5.41, 5.74) is 2.45. The number of fused-ring (bicyclic) bond motifs is 1. The zero-order valence-electron chi connectivity index (χ0n) is 18.3. The molecule has 2 amide bonds. The monoisotopic (exact) mass is 401 g/mol. The Bertz CT molecular complexity index is 929. The van der Waals surface area contributed by atoms with Gasteiger partial charge in [0.25, 0.3) is 5.91 Å². The summed E-state index contributed by atoms with van der Waals surface area (Å²) in [5, 5.41) is 5.35. The van der Waals surface area contributed by atoms with E-state index in [1.807, 2.05) is 57.2 Å². The molecule has 1 fully saturated rings. The number of hydrogen-bond donors (Lipinski definition) is 0. The normalized spacial score (nSPS) is 15.5. The van der Waals surface area contributed by atoms with E-state index in [-0.39, 0.29) is 12.0 Å². The summed E-state index contributed by atoms with van der Waals surface area (Å²) in [5.74, 6) is -0.0368. The van der Waals surface area contributed by atoms with Gasteiger partial charge in [0, 0.05) is 38.4 Å². The van der Waals surface area contributed by atoms with Crippen LogP contribution < -0.4 is 0 Å². The maximum absolute atomic E-state index is 13.4. The van der Waals surface area contributed by atoms with Crippen LogP contribution in [0.25, 0.3) is 11.0 Å². The van der Waals surface area contributed by atoms with Crippen molar-refractivity contribution in [1.29, 1.82) is 0 Å². The molecule has 8 nitrogen and oxygen atoms in total. The molecule has 3 heterocycles. The molecule has 0 unspecified atom stereocenters. The highest BCUT2D eigenvalue weighted by Crippen LogP contribution is 2.24. The van der Waals surface area contributed by atoms with Crippen LogP contribution in [0, 0.1) is 13.8 Å². The lowest BCUT2D eigenvalue weighted by Crippen LogP contribution is -2.40. The first kappa shape index (κ1) is 21.1. The number of pyridine rings is 1. The molecular weight excluding hydrogens is 370 g/mol. The Morgan fingerprint density at radius 3 is 2.41 bits per heavy atom. The van der Waals surface area contributed by atoms with Gasteiger partial charge < -0.3 is 14.5 Å². The zero-order chi connectivity index (χ0) is 21.3. The van der Waals surface area contributed by atoms with Crippen molar-refractivity contribution in [2.45, 2.75) is 60.1 Å². The summed E-state index contributed by atoms with van der Waals surface area (Å²) in [6, 6.07) is 1.84. The van der Waals surface area contributed by atoms with Crippen molar-refractivity contribution in [1.82, 2.24) is 24.6 Å². The van der Waals surface area contributed by atoms with Gasteiger partial charge in [-0.05, 0) is 54.0 Å². The number of hydrogen-bond acceptors (Lipinski definition) is 5. The first-order valence-corrected chi connectivity index (χ1v) is 10.2. The summed E-state index contributed by atoms with van der Waals surface area (Å²) >= 11 is 0. The van der Waals surface area contributed by atoms with E-state index < -0.39 is 5.60 Å². The van der Waals surface area contributed by atoms with Gasteiger partial charge in [0.2, 0.25) is 0 Å². The maximum Gasteiger partial charge on any atom is 0.410 e. The molecule has 0 aromatic carbocycles. The van der Waals surface area contributed by atoms with Crippen molar-refractivity contribution in [3.8, 4) is 0 Å². The van der Waals surface area contributed by atoms with Crippen LogP contribution in [0.5, 0.6) is 0 Å². The predicted molar refractivity (Wildman–Crippen MR) is 111 cm³/mol. The summed E-state index contributed by atoms with van der Waals surface area (Å²) in [7, 11) is 0. The molecule has 3 rings (SSSR count). The Morgan fingerprint density at radius 2 is 1.76 bits per heavy atom. The quantitative estimate of drug-likeness (QED) is 0.772. The Balaban J connectivity index is 1.83. The minimum atomic E-state index is -0.532. The Morgan fingerprint density at radius 1 is 1.10 bits per heavy atom. The summed E-state index contributed by atoms with van der Waals surface area (Å²) < 4.78 is 7.32. The van der Waals surface area contributed by atoms with Crippen LogP contribution in [0.15, 0.2) is 6.07 Å². The topological polar surface area (TPSA) is 80.6 Å². The van der Waals surface area contributed by atoms with Crippen LogP contribution >= 0.6 is 0 Å². The molecule has 0 aliphatic carbocycles. The number of carbonyl (C=O) groups is 2. The molecule has 2 aromatic heterocycles. The van der Waals surface area contributed by atoms with Gasteiger partial charge >= 0.3 is 6.09 Å². The van der Waals surface area contributed by atoms with Crippen LogP contribution in [-0.2, 0) is 11.3 Å². The largest absolute Gasteiger partial charge is 0.444 e. The van der Waals surface area contributed by atoms with Crippen molar-refractivity contribution in [2.24, 2.45) is 0 Å². The van der Waals surface area contributed by atoms with E-state index >= 15 is 0 Å². The molecular formula is C21H31N5O3. The van der Waals surface area contributed by atoms with Crippen LogP contribution in [0.2, 0.25) is 0 Å². The Hall–Kier alpha value is -2.64. The molecule has 0 saturated carbocycles. The van der Waals surface area contributed by atoms with Gasteiger partial charge in [0.15, 0.2) is 5.65 Å². The zero-order valence-corrected chi connectivity index (χ0v) is 18.3.